The predicted molar refractivity (Wildman–Crippen MR) is 71.3 cm³/mol. The summed E-state index contributed by atoms with van der Waals surface area (Å²) in [6.45, 7) is 8.29. The highest BCUT2D eigenvalue weighted by atomic mass is 16.5. The van der Waals surface area contributed by atoms with E-state index in [0.29, 0.717) is 0 Å². The van der Waals surface area contributed by atoms with Gasteiger partial charge in [0, 0.05) is 33.0 Å². The molecule has 1 aliphatic carbocycles. The van der Waals surface area contributed by atoms with E-state index >= 15 is 0 Å². The minimum atomic E-state index is 0.740. The van der Waals surface area contributed by atoms with Gasteiger partial charge in [-0.1, -0.05) is 13.8 Å². The first-order valence-corrected chi connectivity index (χ1v) is 7.04. The average molecular weight is 243 g/mol. The number of rotatable bonds is 11. The maximum atomic E-state index is 5.63. The Balaban J connectivity index is 1.98. The van der Waals surface area contributed by atoms with Crippen LogP contribution < -0.4 is 5.32 Å². The molecule has 102 valence electrons. The average Bonchev–Trinajstić information content (AvgIpc) is 3.10. The van der Waals surface area contributed by atoms with Gasteiger partial charge in [0.2, 0.25) is 0 Å². The van der Waals surface area contributed by atoms with Gasteiger partial charge in [0.15, 0.2) is 0 Å². The Bertz CT molecular complexity index is 181. The standard InChI is InChI=1S/C14H29NO2/c1-12(2)13(11-15-14-5-6-14)7-10-17-9-4-8-16-3/h12-15H,4-11H2,1-3H3. The van der Waals surface area contributed by atoms with Crippen LogP contribution in [0, 0.1) is 11.8 Å². The van der Waals surface area contributed by atoms with Gasteiger partial charge in [-0.3, -0.25) is 0 Å². The lowest BCUT2D eigenvalue weighted by Crippen LogP contribution is -2.28. The molecule has 0 spiro atoms. The Hall–Kier alpha value is -0.120. The first-order valence-electron chi connectivity index (χ1n) is 7.04. The van der Waals surface area contributed by atoms with Crippen molar-refractivity contribution in [2.45, 2.75) is 45.6 Å². The van der Waals surface area contributed by atoms with Crippen LogP contribution in [0.15, 0.2) is 0 Å². The van der Waals surface area contributed by atoms with Gasteiger partial charge in [-0.05, 0) is 44.1 Å². The quantitative estimate of drug-likeness (QED) is 0.565. The first-order chi connectivity index (χ1) is 8.24. The van der Waals surface area contributed by atoms with Gasteiger partial charge in [0.05, 0.1) is 0 Å². The maximum absolute atomic E-state index is 5.63. The monoisotopic (exact) mass is 243 g/mol. The Morgan fingerprint density at radius 1 is 1.18 bits per heavy atom. The number of hydrogen-bond donors (Lipinski definition) is 1. The van der Waals surface area contributed by atoms with E-state index in [0.717, 1.165) is 50.7 Å². The van der Waals surface area contributed by atoms with Crippen LogP contribution in [0.5, 0.6) is 0 Å². The van der Waals surface area contributed by atoms with Crippen molar-refractivity contribution >= 4 is 0 Å². The molecule has 3 heteroatoms. The maximum Gasteiger partial charge on any atom is 0.0487 e. The third-order valence-electron chi connectivity index (χ3n) is 3.46. The van der Waals surface area contributed by atoms with Crippen LogP contribution in [0.3, 0.4) is 0 Å². The third kappa shape index (κ3) is 7.74. The molecule has 0 saturated heterocycles. The van der Waals surface area contributed by atoms with E-state index in [1.165, 1.54) is 19.3 Å². The molecule has 17 heavy (non-hydrogen) atoms. The lowest BCUT2D eigenvalue weighted by atomic mass is 9.93. The summed E-state index contributed by atoms with van der Waals surface area (Å²) in [5, 5.41) is 3.62. The molecule has 3 nitrogen and oxygen atoms in total. The van der Waals surface area contributed by atoms with Crippen molar-refractivity contribution in [2.75, 3.05) is 33.5 Å². The molecule has 1 aliphatic rings. The molecule has 0 amide bonds. The van der Waals surface area contributed by atoms with Crippen molar-refractivity contribution in [3.05, 3.63) is 0 Å². The molecular formula is C14H29NO2. The number of ether oxygens (including phenoxy) is 2. The van der Waals surface area contributed by atoms with Crippen LogP contribution in [0.4, 0.5) is 0 Å². The molecular weight excluding hydrogens is 214 g/mol. The highest BCUT2D eigenvalue weighted by Crippen LogP contribution is 2.21. The third-order valence-corrected chi connectivity index (χ3v) is 3.46. The summed E-state index contributed by atoms with van der Waals surface area (Å²) in [7, 11) is 1.73. The van der Waals surface area contributed by atoms with Gasteiger partial charge in [-0.2, -0.15) is 0 Å². The van der Waals surface area contributed by atoms with Crippen LogP contribution in [0.25, 0.3) is 0 Å². The second-order valence-electron chi connectivity index (χ2n) is 5.43. The minimum Gasteiger partial charge on any atom is -0.385 e. The van der Waals surface area contributed by atoms with Crippen LogP contribution in [0.1, 0.15) is 39.5 Å². The Morgan fingerprint density at radius 2 is 1.94 bits per heavy atom. The number of hydrogen-bond acceptors (Lipinski definition) is 3. The van der Waals surface area contributed by atoms with Crippen LogP contribution >= 0.6 is 0 Å². The summed E-state index contributed by atoms with van der Waals surface area (Å²) in [5.41, 5.74) is 0. The molecule has 0 radical (unpaired) electrons. The van der Waals surface area contributed by atoms with E-state index in [1.807, 2.05) is 0 Å². The van der Waals surface area contributed by atoms with Gasteiger partial charge in [-0.15, -0.1) is 0 Å². The molecule has 0 aromatic rings. The zero-order valence-corrected chi connectivity index (χ0v) is 11.7. The van der Waals surface area contributed by atoms with Crippen LogP contribution in [0.2, 0.25) is 0 Å². The van der Waals surface area contributed by atoms with E-state index < -0.39 is 0 Å². The van der Waals surface area contributed by atoms with Crippen LogP contribution in [-0.2, 0) is 9.47 Å². The van der Waals surface area contributed by atoms with E-state index in [1.54, 1.807) is 7.11 Å². The molecule has 0 aliphatic heterocycles. The van der Waals surface area contributed by atoms with Gasteiger partial charge < -0.3 is 14.8 Å². The van der Waals surface area contributed by atoms with E-state index in [-0.39, 0.29) is 0 Å². The molecule has 1 fully saturated rings. The fourth-order valence-corrected chi connectivity index (χ4v) is 1.92. The second kappa shape index (κ2) is 8.90. The summed E-state index contributed by atoms with van der Waals surface area (Å²) < 4.78 is 10.6. The van der Waals surface area contributed by atoms with Gasteiger partial charge in [0.1, 0.15) is 0 Å². The van der Waals surface area contributed by atoms with Crippen molar-refractivity contribution in [2.24, 2.45) is 11.8 Å². The second-order valence-corrected chi connectivity index (χ2v) is 5.43. The molecule has 1 N–H and O–H groups in total. The Morgan fingerprint density at radius 3 is 2.53 bits per heavy atom. The van der Waals surface area contributed by atoms with Crippen molar-refractivity contribution in [3.8, 4) is 0 Å². The molecule has 0 bridgehead atoms. The van der Waals surface area contributed by atoms with Gasteiger partial charge in [-0.25, -0.2) is 0 Å². The normalized spacial score (nSPS) is 17.6. The van der Waals surface area contributed by atoms with Crippen LogP contribution in [-0.4, -0.2) is 39.5 Å². The SMILES string of the molecule is COCCCOCCC(CNC1CC1)C(C)C. The Kier molecular flexibility index (Phi) is 7.82. The fourth-order valence-electron chi connectivity index (χ4n) is 1.92. The van der Waals surface area contributed by atoms with E-state index in [2.05, 4.69) is 19.2 Å². The highest BCUT2D eigenvalue weighted by molar-refractivity contribution is 4.82. The molecule has 1 unspecified atom stereocenters. The molecule has 1 atom stereocenters. The van der Waals surface area contributed by atoms with Gasteiger partial charge >= 0.3 is 0 Å². The summed E-state index contributed by atoms with van der Waals surface area (Å²) in [5.74, 6) is 1.49. The largest absolute Gasteiger partial charge is 0.385 e. The summed E-state index contributed by atoms with van der Waals surface area (Å²) in [6, 6.07) is 0.818. The summed E-state index contributed by atoms with van der Waals surface area (Å²) in [4.78, 5) is 0. The Labute approximate surface area is 106 Å². The van der Waals surface area contributed by atoms with Crippen molar-refractivity contribution < 1.29 is 9.47 Å². The zero-order chi connectivity index (χ0) is 12.5. The first kappa shape index (κ1) is 14.9. The highest BCUT2D eigenvalue weighted by Gasteiger charge is 2.22. The summed E-state index contributed by atoms with van der Waals surface area (Å²) in [6.07, 6.45) is 4.92. The van der Waals surface area contributed by atoms with E-state index in [4.69, 9.17) is 9.47 Å². The van der Waals surface area contributed by atoms with Gasteiger partial charge in [0.25, 0.3) is 0 Å². The van der Waals surface area contributed by atoms with E-state index in [9.17, 15) is 0 Å². The molecule has 1 rings (SSSR count). The molecule has 0 aromatic heterocycles. The molecule has 1 saturated carbocycles. The van der Waals surface area contributed by atoms with Crippen molar-refractivity contribution in [3.63, 3.8) is 0 Å². The lowest BCUT2D eigenvalue weighted by Gasteiger charge is -2.21. The predicted octanol–water partition coefficient (Wildman–Crippen LogP) is 2.45. The van der Waals surface area contributed by atoms with Crippen molar-refractivity contribution in [1.82, 2.24) is 5.32 Å². The summed E-state index contributed by atoms with van der Waals surface area (Å²) >= 11 is 0. The molecule has 0 heterocycles. The lowest BCUT2D eigenvalue weighted by molar-refractivity contribution is 0.0891. The fraction of sp³-hybridized carbons (Fsp3) is 1.00. The zero-order valence-electron chi connectivity index (χ0n) is 11.7. The topological polar surface area (TPSA) is 30.5 Å². The van der Waals surface area contributed by atoms with Crippen molar-refractivity contribution in [1.29, 1.82) is 0 Å². The smallest absolute Gasteiger partial charge is 0.0487 e. The minimum absolute atomic E-state index is 0.740. The number of methoxy groups -OCH3 is 1. The molecule has 0 aromatic carbocycles. The number of nitrogens with one attached hydrogen (secondary N) is 1.